The van der Waals surface area contributed by atoms with E-state index in [1.165, 1.54) is 5.56 Å². The van der Waals surface area contributed by atoms with Gasteiger partial charge in [-0.25, -0.2) is 4.98 Å². The minimum absolute atomic E-state index is 0.243. The fourth-order valence-corrected chi connectivity index (χ4v) is 2.49. The van der Waals surface area contributed by atoms with Crippen molar-refractivity contribution in [3.63, 3.8) is 0 Å². The van der Waals surface area contributed by atoms with Crippen LogP contribution in [-0.4, -0.2) is 60.4 Å². The molecule has 2 heterocycles. The molecule has 2 rings (SSSR count). The predicted molar refractivity (Wildman–Crippen MR) is 82.0 cm³/mol. The molecule has 0 amide bonds. The van der Waals surface area contributed by atoms with Crippen molar-refractivity contribution in [2.45, 2.75) is 26.4 Å². The molecule has 1 aliphatic rings. The fourth-order valence-electron chi connectivity index (χ4n) is 2.49. The van der Waals surface area contributed by atoms with Crippen molar-refractivity contribution in [2.24, 2.45) is 0 Å². The molecule has 5 heteroatoms. The van der Waals surface area contributed by atoms with Crippen molar-refractivity contribution in [3.8, 4) is 0 Å². The Morgan fingerprint density at radius 2 is 2.05 bits per heavy atom. The van der Waals surface area contributed by atoms with E-state index >= 15 is 0 Å². The number of anilines is 1. The quantitative estimate of drug-likeness (QED) is 0.802. The van der Waals surface area contributed by atoms with Crippen molar-refractivity contribution in [1.29, 1.82) is 0 Å². The number of aliphatic hydroxyl groups excluding tert-OH is 1. The summed E-state index contributed by atoms with van der Waals surface area (Å²) in [7, 11) is 0. The van der Waals surface area contributed by atoms with Crippen LogP contribution >= 0.6 is 0 Å². The molecule has 0 aliphatic carbocycles. The van der Waals surface area contributed by atoms with Gasteiger partial charge in [0.1, 0.15) is 5.82 Å². The van der Waals surface area contributed by atoms with E-state index in [-0.39, 0.29) is 6.61 Å². The van der Waals surface area contributed by atoms with Crippen LogP contribution in [0, 0.1) is 0 Å². The van der Waals surface area contributed by atoms with Crippen molar-refractivity contribution < 1.29 is 5.11 Å². The van der Waals surface area contributed by atoms with Crippen LogP contribution in [0.1, 0.15) is 19.4 Å². The molecule has 0 aromatic carbocycles. The Morgan fingerprint density at radius 1 is 1.30 bits per heavy atom. The van der Waals surface area contributed by atoms with E-state index in [0.717, 1.165) is 45.1 Å². The Bertz CT molecular complexity index is 403. The van der Waals surface area contributed by atoms with Gasteiger partial charge in [-0.2, -0.15) is 0 Å². The smallest absolute Gasteiger partial charge is 0.133 e. The average molecular weight is 278 g/mol. The molecule has 1 aromatic rings. The number of piperazine rings is 1. The number of rotatable bonds is 6. The number of hydrogen-bond donors (Lipinski definition) is 2. The minimum atomic E-state index is 0.243. The van der Waals surface area contributed by atoms with Crippen molar-refractivity contribution in [3.05, 3.63) is 23.9 Å². The summed E-state index contributed by atoms with van der Waals surface area (Å²) in [6, 6.07) is 4.63. The lowest BCUT2D eigenvalue weighted by Gasteiger charge is -2.36. The zero-order chi connectivity index (χ0) is 14.4. The number of hydrogen-bond acceptors (Lipinski definition) is 5. The topological polar surface area (TPSA) is 51.6 Å². The number of β-amino-alcohol motifs (C(OH)–C–C–N with tert-alkyl or cyclic N) is 1. The van der Waals surface area contributed by atoms with Gasteiger partial charge in [0.2, 0.25) is 0 Å². The van der Waals surface area contributed by atoms with Crippen molar-refractivity contribution in [2.75, 3.05) is 44.2 Å². The van der Waals surface area contributed by atoms with E-state index in [0.29, 0.717) is 6.04 Å². The minimum Gasteiger partial charge on any atom is -0.395 e. The van der Waals surface area contributed by atoms with Gasteiger partial charge in [0.25, 0.3) is 0 Å². The molecular formula is C15H26N4O. The van der Waals surface area contributed by atoms with Gasteiger partial charge in [-0.15, -0.1) is 0 Å². The lowest BCUT2D eigenvalue weighted by Crippen LogP contribution is -2.47. The van der Waals surface area contributed by atoms with E-state index in [1.807, 2.05) is 12.3 Å². The molecule has 20 heavy (non-hydrogen) atoms. The largest absolute Gasteiger partial charge is 0.395 e. The van der Waals surface area contributed by atoms with Crippen molar-refractivity contribution >= 4 is 5.82 Å². The highest BCUT2D eigenvalue weighted by molar-refractivity contribution is 5.47. The van der Waals surface area contributed by atoms with Crippen LogP contribution in [0.2, 0.25) is 0 Å². The van der Waals surface area contributed by atoms with Crippen LogP contribution in [-0.2, 0) is 6.54 Å². The van der Waals surface area contributed by atoms with E-state index in [2.05, 4.69) is 40.0 Å². The van der Waals surface area contributed by atoms with Gasteiger partial charge >= 0.3 is 0 Å². The van der Waals surface area contributed by atoms with Crippen LogP contribution in [0.15, 0.2) is 18.3 Å². The standard InChI is InChI=1S/C15H26N4O/c1-13(2)17-12-14-4-3-5-16-15(14)19-8-6-18(7-9-19)10-11-20/h3-5,13,17,20H,6-12H2,1-2H3. The Morgan fingerprint density at radius 3 is 2.70 bits per heavy atom. The monoisotopic (exact) mass is 278 g/mol. The van der Waals surface area contributed by atoms with Gasteiger partial charge in [0.15, 0.2) is 0 Å². The van der Waals surface area contributed by atoms with Gasteiger partial charge < -0.3 is 15.3 Å². The third-order valence-electron chi connectivity index (χ3n) is 3.66. The SMILES string of the molecule is CC(C)NCc1cccnc1N1CCN(CCO)CC1. The highest BCUT2D eigenvalue weighted by atomic mass is 16.3. The molecule has 0 saturated carbocycles. The summed E-state index contributed by atoms with van der Waals surface area (Å²) in [5.41, 5.74) is 1.26. The molecule has 0 radical (unpaired) electrons. The van der Waals surface area contributed by atoms with Crippen LogP contribution in [0.4, 0.5) is 5.82 Å². The van der Waals surface area contributed by atoms with E-state index in [4.69, 9.17) is 5.11 Å². The van der Waals surface area contributed by atoms with Crippen LogP contribution in [0.3, 0.4) is 0 Å². The molecule has 0 atom stereocenters. The van der Waals surface area contributed by atoms with Crippen LogP contribution < -0.4 is 10.2 Å². The summed E-state index contributed by atoms with van der Waals surface area (Å²) < 4.78 is 0. The molecule has 1 saturated heterocycles. The summed E-state index contributed by atoms with van der Waals surface area (Å²) in [6.45, 7) is 10.1. The molecule has 0 bridgehead atoms. The second-order valence-corrected chi connectivity index (χ2v) is 5.57. The van der Waals surface area contributed by atoms with Gasteiger partial charge in [-0.1, -0.05) is 19.9 Å². The number of nitrogens with zero attached hydrogens (tertiary/aromatic N) is 3. The first-order valence-corrected chi connectivity index (χ1v) is 7.46. The van der Waals surface area contributed by atoms with Gasteiger partial charge in [-0.3, -0.25) is 4.90 Å². The maximum absolute atomic E-state index is 8.99. The number of nitrogens with one attached hydrogen (secondary N) is 1. The molecular weight excluding hydrogens is 252 g/mol. The second kappa shape index (κ2) is 7.57. The van der Waals surface area contributed by atoms with E-state index < -0.39 is 0 Å². The normalized spacial score (nSPS) is 16.9. The Balaban J connectivity index is 1.98. The maximum Gasteiger partial charge on any atom is 0.133 e. The highest BCUT2D eigenvalue weighted by Crippen LogP contribution is 2.18. The first-order chi connectivity index (χ1) is 9.70. The lowest BCUT2D eigenvalue weighted by molar-refractivity contribution is 0.188. The molecule has 0 spiro atoms. The molecule has 2 N–H and O–H groups in total. The molecule has 112 valence electrons. The summed E-state index contributed by atoms with van der Waals surface area (Å²) in [6.07, 6.45) is 1.87. The first-order valence-electron chi connectivity index (χ1n) is 7.46. The van der Waals surface area contributed by atoms with Crippen molar-refractivity contribution in [1.82, 2.24) is 15.2 Å². The van der Waals surface area contributed by atoms with E-state index in [9.17, 15) is 0 Å². The molecule has 0 unspecified atom stereocenters. The molecule has 1 aromatic heterocycles. The highest BCUT2D eigenvalue weighted by Gasteiger charge is 2.19. The molecule has 1 fully saturated rings. The summed E-state index contributed by atoms with van der Waals surface area (Å²) in [5, 5.41) is 12.5. The predicted octanol–water partition coefficient (Wildman–Crippen LogP) is 0.694. The third-order valence-corrected chi connectivity index (χ3v) is 3.66. The second-order valence-electron chi connectivity index (χ2n) is 5.57. The Kier molecular flexibility index (Phi) is 5.76. The zero-order valence-electron chi connectivity index (χ0n) is 12.5. The van der Waals surface area contributed by atoms with E-state index in [1.54, 1.807) is 0 Å². The van der Waals surface area contributed by atoms with Gasteiger partial charge in [0.05, 0.1) is 6.61 Å². The zero-order valence-corrected chi connectivity index (χ0v) is 12.5. The maximum atomic E-state index is 8.99. The lowest BCUT2D eigenvalue weighted by atomic mass is 10.2. The summed E-state index contributed by atoms with van der Waals surface area (Å²) in [5.74, 6) is 1.10. The number of pyridine rings is 1. The van der Waals surface area contributed by atoms with Crippen LogP contribution in [0.25, 0.3) is 0 Å². The van der Waals surface area contributed by atoms with Gasteiger partial charge in [0, 0.05) is 57.1 Å². The first kappa shape index (κ1) is 15.2. The Labute approximate surface area is 121 Å². The number of aliphatic hydroxyl groups is 1. The third kappa shape index (κ3) is 4.16. The fraction of sp³-hybridized carbons (Fsp3) is 0.667. The van der Waals surface area contributed by atoms with Crippen LogP contribution in [0.5, 0.6) is 0 Å². The summed E-state index contributed by atoms with van der Waals surface area (Å²) >= 11 is 0. The molecule has 1 aliphatic heterocycles. The van der Waals surface area contributed by atoms with Gasteiger partial charge in [-0.05, 0) is 6.07 Å². The molecule has 5 nitrogen and oxygen atoms in total. The number of aromatic nitrogens is 1. The average Bonchev–Trinajstić information content (AvgIpc) is 2.47. The Hall–Kier alpha value is -1.17. The summed E-state index contributed by atoms with van der Waals surface area (Å²) in [4.78, 5) is 9.22.